The third-order valence-corrected chi connectivity index (χ3v) is 0. The second-order valence-corrected chi connectivity index (χ2v) is 0. The summed E-state index contributed by atoms with van der Waals surface area (Å²) in [4.78, 5) is 0. The molecule has 0 amide bonds. The monoisotopic (exact) mass is 310 g/mol. The Labute approximate surface area is 83.5 Å². The molecule has 0 saturated carbocycles. The van der Waals surface area contributed by atoms with Gasteiger partial charge in [0.2, 0.25) is 0 Å². The van der Waals surface area contributed by atoms with Crippen LogP contribution in [-0.4, -0.2) is 0 Å². The van der Waals surface area contributed by atoms with E-state index in [1.54, 1.807) is 0 Å². The molecular formula is AgLaS2. The van der Waals surface area contributed by atoms with Gasteiger partial charge in [-0.25, -0.2) is 0 Å². The van der Waals surface area contributed by atoms with Gasteiger partial charge in [-0.3, -0.25) is 0 Å². The molecule has 0 aliphatic carbocycles. The van der Waals surface area contributed by atoms with E-state index in [1.807, 2.05) is 0 Å². The Kier molecular flexibility index (Phi) is 132. The van der Waals surface area contributed by atoms with Gasteiger partial charge in [0.1, 0.15) is 0 Å². The van der Waals surface area contributed by atoms with Gasteiger partial charge in [0.05, 0.1) is 0 Å². The van der Waals surface area contributed by atoms with Crippen LogP contribution in [0.15, 0.2) is 0 Å². The summed E-state index contributed by atoms with van der Waals surface area (Å²) in [6, 6.07) is 0. The van der Waals surface area contributed by atoms with Gasteiger partial charge in [0, 0.05) is 0 Å². The maximum atomic E-state index is 0. The van der Waals surface area contributed by atoms with Crippen LogP contribution in [0.3, 0.4) is 0 Å². The van der Waals surface area contributed by atoms with Crippen molar-refractivity contribution in [1.29, 1.82) is 0 Å². The van der Waals surface area contributed by atoms with E-state index in [0.717, 1.165) is 0 Å². The second kappa shape index (κ2) is 17.4. The Hall–Kier alpha value is 2.64. The van der Waals surface area contributed by atoms with Gasteiger partial charge in [0.15, 0.2) is 0 Å². The first-order chi connectivity index (χ1) is 0. The quantitative estimate of drug-likeness (QED) is 0.552. The SMILES string of the molecule is [Ag+].[La+3].[S-2].[S-2]. The maximum absolute atomic E-state index is 0. The van der Waals surface area contributed by atoms with Gasteiger partial charge in [-0.2, -0.15) is 0 Å². The predicted molar refractivity (Wildman–Crippen MR) is 14.7 cm³/mol. The van der Waals surface area contributed by atoms with Crippen LogP contribution in [0.4, 0.5) is 0 Å². The Morgan fingerprint density at radius 3 is 0.750 bits per heavy atom. The molecule has 0 aliphatic rings. The summed E-state index contributed by atoms with van der Waals surface area (Å²) in [6.45, 7) is 0. The third-order valence-electron chi connectivity index (χ3n) is 0. The van der Waals surface area contributed by atoms with E-state index in [4.69, 9.17) is 0 Å². The number of rotatable bonds is 0. The largest absolute Gasteiger partial charge is 3.00 e. The third kappa shape index (κ3) is 8.82. The molecule has 0 bridgehead atoms. The molecule has 0 aliphatic heterocycles. The normalized spacial score (nSPS) is 0. The van der Waals surface area contributed by atoms with Gasteiger partial charge in [-0.1, -0.05) is 0 Å². The van der Waals surface area contributed by atoms with Crippen molar-refractivity contribution < 1.29 is 58.0 Å². The van der Waals surface area contributed by atoms with Crippen LogP contribution in [0.5, 0.6) is 0 Å². The number of hydrogen-bond acceptors (Lipinski definition) is 0. The van der Waals surface area contributed by atoms with Gasteiger partial charge < -0.3 is 27.0 Å². The van der Waals surface area contributed by atoms with Crippen LogP contribution in [0.1, 0.15) is 0 Å². The Balaban J connectivity index is 0. The molecule has 0 rings (SSSR count). The smallest absolute Gasteiger partial charge is 2.00 e. The molecule has 0 atom stereocenters. The van der Waals surface area contributed by atoms with Crippen molar-refractivity contribution in [3.8, 4) is 0 Å². The summed E-state index contributed by atoms with van der Waals surface area (Å²) in [5.41, 5.74) is 0. The fourth-order valence-electron chi connectivity index (χ4n) is 0. The Bertz CT molecular complexity index is 6.00. The van der Waals surface area contributed by atoms with Gasteiger partial charge in [0.25, 0.3) is 0 Å². The van der Waals surface area contributed by atoms with Crippen molar-refractivity contribution in [2.45, 2.75) is 0 Å². The molecule has 0 radical (unpaired) electrons. The Morgan fingerprint density at radius 1 is 0.750 bits per heavy atom. The molecule has 0 saturated heterocycles. The first-order valence-electron chi connectivity index (χ1n) is 0. The molecule has 0 aromatic rings. The summed E-state index contributed by atoms with van der Waals surface area (Å²) in [6.07, 6.45) is 0. The molecule has 26 valence electrons. The predicted octanol–water partition coefficient (Wildman–Crippen LogP) is -0.00730. The van der Waals surface area contributed by atoms with E-state index in [1.165, 1.54) is 0 Å². The summed E-state index contributed by atoms with van der Waals surface area (Å²) in [5, 5.41) is 0. The molecule has 4 heteroatoms. The van der Waals surface area contributed by atoms with E-state index in [2.05, 4.69) is 0 Å². The minimum absolute atomic E-state index is 0. The number of hydrogen-bond donors (Lipinski definition) is 0. The van der Waals surface area contributed by atoms with Crippen molar-refractivity contribution in [3.05, 3.63) is 0 Å². The van der Waals surface area contributed by atoms with Crippen molar-refractivity contribution in [2.24, 2.45) is 0 Å². The Morgan fingerprint density at radius 2 is 0.750 bits per heavy atom. The second-order valence-electron chi connectivity index (χ2n) is 0. The summed E-state index contributed by atoms with van der Waals surface area (Å²) in [5.74, 6) is 0. The van der Waals surface area contributed by atoms with Crippen LogP contribution in [-0.2, 0) is 49.4 Å². The molecule has 0 N–H and O–H groups in total. The summed E-state index contributed by atoms with van der Waals surface area (Å²) in [7, 11) is 0. The molecule has 0 heterocycles. The zero-order valence-electron chi connectivity index (χ0n) is 1.70. The minimum atomic E-state index is 0. The van der Waals surface area contributed by atoms with E-state index in [0.29, 0.717) is 0 Å². The van der Waals surface area contributed by atoms with Gasteiger partial charge >= 0.3 is 58.0 Å². The average Bonchev–Trinajstić information content (AvgIpc) is 0. The molecule has 0 fully saturated rings. The molecule has 0 nitrogen and oxygen atoms in total. The van der Waals surface area contributed by atoms with Crippen LogP contribution < -0.4 is 0 Å². The van der Waals surface area contributed by atoms with E-state index in [-0.39, 0.29) is 85.0 Å². The van der Waals surface area contributed by atoms with Crippen LogP contribution in [0, 0.1) is 35.6 Å². The summed E-state index contributed by atoms with van der Waals surface area (Å²) >= 11 is 0. The van der Waals surface area contributed by atoms with Crippen LogP contribution in [0.25, 0.3) is 0 Å². The molecule has 0 aromatic heterocycles. The van der Waals surface area contributed by atoms with E-state index in [9.17, 15) is 0 Å². The van der Waals surface area contributed by atoms with Crippen LogP contribution >= 0.6 is 0 Å². The van der Waals surface area contributed by atoms with Crippen LogP contribution in [0.2, 0.25) is 0 Å². The first kappa shape index (κ1) is 30.3. The molecular weight excluding hydrogens is 311 g/mol. The minimum Gasteiger partial charge on any atom is -2.00 e. The fourth-order valence-corrected chi connectivity index (χ4v) is 0. The van der Waals surface area contributed by atoms with Crippen molar-refractivity contribution in [2.75, 3.05) is 0 Å². The standard InChI is InChI=1S/Ag.La.2S/q+1;+3;2*-2. The molecule has 0 spiro atoms. The van der Waals surface area contributed by atoms with Crippen molar-refractivity contribution in [1.82, 2.24) is 0 Å². The zero-order valence-corrected chi connectivity index (χ0v) is 8.44. The maximum Gasteiger partial charge on any atom is 3.00 e. The van der Waals surface area contributed by atoms with Gasteiger partial charge in [-0.15, -0.1) is 0 Å². The summed E-state index contributed by atoms with van der Waals surface area (Å²) < 4.78 is 0. The van der Waals surface area contributed by atoms with E-state index >= 15 is 0 Å². The van der Waals surface area contributed by atoms with Crippen molar-refractivity contribution in [3.63, 3.8) is 0 Å². The fraction of sp³-hybridized carbons (Fsp3) is 0. The van der Waals surface area contributed by atoms with Crippen molar-refractivity contribution >= 4 is 27.0 Å². The van der Waals surface area contributed by atoms with E-state index < -0.39 is 0 Å². The zero-order chi connectivity index (χ0) is 0. The topological polar surface area (TPSA) is 0 Å². The van der Waals surface area contributed by atoms with Gasteiger partial charge in [-0.05, 0) is 0 Å². The molecule has 4 heavy (non-hydrogen) atoms. The molecule has 0 unspecified atom stereocenters. The average molecular weight is 311 g/mol. The first-order valence-corrected chi connectivity index (χ1v) is 0. The molecule has 0 aromatic carbocycles.